The van der Waals surface area contributed by atoms with Gasteiger partial charge in [0.05, 0.1) is 16.6 Å². The number of hydrogen-bond acceptors (Lipinski definition) is 4. The van der Waals surface area contributed by atoms with E-state index in [4.69, 9.17) is 0 Å². The van der Waals surface area contributed by atoms with Gasteiger partial charge < -0.3 is 15.6 Å². The number of carbonyl (C=O) groups excluding carboxylic acids is 2. The third-order valence-electron chi connectivity index (χ3n) is 4.69. The molecule has 2 aromatic heterocycles. The monoisotopic (exact) mass is 399 g/mol. The molecule has 150 valence electrons. The molecule has 0 saturated carbocycles. The highest BCUT2D eigenvalue weighted by molar-refractivity contribution is 5.97. The summed E-state index contributed by atoms with van der Waals surface area (Å²) in [7, 11) is 0. The quantitative estimate of drug-likeness (QED) is 0.445. The Balaban J connectivity index is 1.43. The Morgan fingerprint density at radius 2 is 1.77 bits per heavy atom. The lowest BCUT2D eigenvalue weighted by molar-refractivity contribution is -0.123. The topological polar surface area (TPSA) is 99.8 Å². The second-order valence-electron chi connectivity index (χ2n) is 6.80. The van der Waals surface area contributed by atoms with Crippen molar-refractivity contribution < 1.29 is 9.59 Å². The summed E-state index contributed by atoms with van der Waals surface area (Å²) in [6.45, 7) is 0.394. The molecule has 2 heterocycles. The zero-order valence-corrected chi connectivity index (χ0v) is 16.2. The number of pyridine rings is 1. The maximum atomic E-state index is 12.9. The number of rotatable bonds is 7. The first-order valence-corrected chi connectivity index (χ1v) is 9.68. The van der Waals surface area contributed by atoms with Crippen molar-refractivity contribution in [3.05, 3.63) is 96.1 Å². The minimum atomic E-state index is -0.811. The fourth-order valence-corrected chi connectivity index (χ4v) is 3.19. The molecule has 0 aliphatic rings. The van der Waals surface area contributed by atoms with Crippen molar-refractivity contribution in [1.82, 2.24) is 25.6 Å². The van der Waals surface area contributed by atoms with Crippen LogP contribution in [-0.2, 0) is 11.2 Å². The third kappa shape index (κ3) is 4.52. The van der Waals surface area contributed by atoms with Crippen molar-refractivity contribution in [2.24, 2.45) is 0 Å². The molecule has 30 heavy (non-hydrogen) atoms. The van der Waals surface area contributed by atoms with Crippen molar-refractivity contribution in [3.8, 4) is 0 Å². The summed E-state index contributed by atoms with van der Waals surface area (Å²) >= 11 is 0. The third-order valence-corrected chi connectivity index (χ3v) is 4.69. The lowest BCUT2D eigenvalue weighted by atomic mass is 10.1. The fourth-order valence-electron chi connectivity index (χ4n) is 3.19. The van der Waals surface area contributed by atoms with Crippen LogP contribution in [0, 0.1) is 0 Å². The van der Waals surface area contributed by atoms with E-state index in [2.05, 4.69) is 25.6 Å². The lowest BCUT2D eigenvalue weighted by Gasteiger charge is -2.19. The number of amides is 2. The molecule has 3 N–H and O–H groups in total. The van der Waals surface area contributed by atoms with Gasteiger partial charge in [-0.1, -0.05) is 42.5 Å². The summed E-state index contributed by atoms with van der Waals surface area (Å²) in [6.07, 6.45) is 3.62. The average Bonchev–Trinajstić information content (AvgIpc) is 3.21. The van der Waals surface area contributed by atoms with Crippen LogP contribution in [0.2, 0.25) is 0 Å². The molecule has 7 heteroatoms. The van der Waals surface area contributed by atoms with Crippen LogP contribution < -0.4 is 10.6 Å². The summed E-state index contributed by atoms with van der Waals surface area (Å²) < 4.78 is 0. The number of aromatic nitrogens is 3. The molecule has 2 amide bonds. The Morgan fingerprint density at radius 3 is 2.53 bits per heavy atom. The highest BCUT2D eigenvalue weighted by Crippen LogP contribution is 2.14. The van der Waals surface area contributed by atoms with E-state index >= 15 is 0 Å². The van der Waals surface area contributed by atoms with Crippen molar-refractivity contribution in [1.29, 1.82) is 0 Å². The van der Waals surface area contributed by atoms with E-state index in [0.29, 0.717) is 24.1 Å². The zero-order valence-electron chi connectivity index (χ0n) is 16.2. The molecule has 4 aromatic rings. The van der Waals surface area contributed by atoms with Crippen molar-refractivity contribution in [2.45, 2.75) is 12.5 Å². The molecular weight excluding hydrogens is 378 g/mol. The van der Waals surface area contributed by atoms with Gasteiger partial charge in [0.2, 0.25) is 5.91 Å². The Labute approximate surface area is 173 Å². The molecule has 0 aliphatic heterocycles. The van der Waals surface area contributed by atoms with Gasteiger partial charge in [-0.15, -0.1) is 0 Å². The highest BCUT2D eigenvalue weighted by atomic mass is 16.2. The summed E-state index contributed by atoms with van der Waals surface area (Å²) in [6, 6.07) is 19.5. The van der Waals surface area contributed by atoms with Crippen molar-refractivity contribution in [2.75, 3.05) is 6.54 Å². The number of hydrogen-bond donors (Lipinski definition) is 3. The molecule has 0 saturated heterocycles. The van der Waals surface area contributed by atoms with Crippen LogP contribution in [0.15, 0.2) is 79.1 Å². The Bertz CT molecular complexity index is 1110. The van der Waals surface area contributed by atoms with Gasteiger partial charge in [-0.05, 0) is 29.8 Å². The minimum Gasteiger partial charge on any atom is -0.354 e. The number of benzene rings is 2. The van der Waals surface area contributed by atoms with Crippen LogP contribution in [0.5, 0.6) is 0 Å². The predicted molar refractivity (Wildman–Crippen MR) is 114 cm³/mol. The van der Waals surface area contributed by atoms with Crippen LogP contribution in [-0.4, -0.2) is 33.3 Å². The van der Waals surface area contributed by atoms with E-state index in [9.17, 15) is 9.59 Å². The van der Waals surface area contributed by atoms with E-state index in [1.54, 1.807) is 18.3 Å². The first kappa shape index (κ1) is 19.3. The van der Waals surface area contributed by atoms with Crippen molar-refractivity contribution >= 4 is 22.8 Å². The molecule has 0 unspecified atom stereocenters. The average molecular weight is 399 g/mol. The fraction of sp³-hybridized carbons (Fsp3) is 0.130. The summed E-state index contributed by atoms with van der Waals surface area (Å²) in [5.74, 6) is 0.158. The number of aromatic amines is 1. The first-order chi connectivity index (χ1) is 14.7. The number of nitrogens with one attached hydrogen (secondary N) is 3. The Kier molecular flexibility index (Phi) is 5.80. The first-order valence-electron chi connectivity index (χ1n) is 9.68. The molecule has 1 atom stereocenters. The van der Waals surface area contributed by atoms with Gasteiger partial charge in [0.25, 0.3) is 5.91 Å². The molecule has 0 spiro atoms. The number of fused-ring (bicyclic) bond motifs is 1. The zero-order chi connectivity index (χ0) is 20.8. The Morgan fingerprint density at radius 1 is 0.967 bits per heavy atom. The molecule has 7 nitrogen and oxygen atoms in total. The van der Waals surface area contributed by atoms with Gasteiger partial charge in [0, 0.05) is 25.4 Å². The van der Waals surface area contributed by atoms with Crippen LogP contribution in [0.1, 0.15) is 27.8 Å². The number of para-hydroxylation sites is 2. The summed E-state index contributed by atoms with van der Waals surface area (Å²) in [4.78, 5) is 37.2. The van der Waals surface area contributed by atoms with Gasteiger partial charge in [0.15, 0.2) is 0 Å². The smallest absolute Gasteiger partial charge is 0.253 e. The summed E-state index contributed by atoms with van der Waals surface area (Å²) in [5, 5.41) is 5.71. The maximum Gasteiger partial charge on any atom is 0.253 e. The van der Waals surface area contributed by atoms with Crippen LogP contribution in [0.4, 0.5) is 0 Å². The van der Waals surface area contributed by atoms with Crippen LogP contribution in [0.3, 0.4) is 0 Å². The number of carbonyl (C=O) groups is 2. The molecule has 0 radical (unpaired) electrons. The van der Waals surface area contributed by atoms with Gasteiger partial charge in [-0.2, -0.15) is 0 Å². The molecule has 0 aliphatic carbocycles. The van der Waals surface area contributed by atoms with Gasteiger partial charge in [0.1, 0.15) is 11.9 Å². The molecule has 0 bridgehead atoms. The van der Waals surface area contributed by atoms with E-state index in [-0.39, 0.29) is 11.8 Å². The predicted octanol–water partition coefficient (Wildman–Crippen LogP) is 2.79. The highest BCUT2D eigenvalue weighted by Gasteiger charge is 2.23. The molecular formula is C23H21N5O2. The molecule has 2 aromatic carbocycles. The van der Waals surface area contributed by atoms with Gasteiger partial charge in [-0.25, -0.2) is 4.98 Å². The largest absolute Gasteiger partial charge is 0.354 e. The SMILES string of the molecule is O=C(N[C@@H](C(=O)NCCc1nc2ccccc2[nH]1)c1ccccc1)c1cccnc1. The van der Waals surface area contributed by atoms with Crippen LogP contribution in [0.25, 0.3) is 11.0 Å². The van der Waals surface area contributed by atoms with Gasteiger partial charge in [-0.3, -0.25) is 14.6 Å². The molecule has 0 fully saturated rings. The number of H-pyrrole nitrogens is 1. The van der Waals surface area contributed by atoms with Gasteiger partial charge >= 0.3 is 0 Å². The molecule has 4 rings (SSSR count). The minimum absolute atomic E-state index is 0.283. The number of nitrogens with zero attached hydrogens (tertiary/aromatic N) is 2. The standard InChI is InChI=1S/C23H21N5O2/c29-22(17-9-6-13-24-15-17)28-21(16-7-2-1-3-8-16)23(30)25-14-12-20-26-18-10-4-5-11-19(18)27-20/h1-11,13,15,21H,12,14H2,(H,25,30)(H,26,27)(H,28,29)/t21-/m1/s1. The van der Waals surface area contributed by atoms with E-state index in [0.717, 1.165) is 16.9 Å². The number of imidazole rings is 1. The summed E-state index contributed by atoms with van der Waals surface area (Å²) in [5.41, 5.74) is 2.96. The van der Waals surface area contributed by atoms with Crippen LogP contribution >= 0.6 is 0 Å². The second-order valence-corrected chi connectivity index (χ2v) is 6.80. The second kappa shape index (κ2) is 9.00. The maximum absolute atomic E-state index is 12.9. The van der Waals surface area contributed by atoms with E-state index in [1.165, 1.54) is 6.20 Å². The normalized spacial score (nSPS) is 11.7. The van der Waals surface area contributed by atoms with E-state index in [1.807, 2.05) is 54.6 Å². The van der Waals surface area contributed by atoms with E-state index < -0.39 is 6.04 Å². The Hall–Kier alpha value is -4.00. The van der Waals surface area contributed by atoms with Crippen molar-refractivity contribution in [3.63, 3.8) is 0 Å². The lowest BCUT2D eigenvalue weighted by Crippen LogP contribution is -2.41.